The van der Waals surface area contributed by atoms with E-state index in [2.05, 4.69) is 36.5 Å². The van der Waals surface area contributed by atoms with Gasteiger partial charge in [0, 0.05) is 23.9 Å². The molecule has 1 rings (SSSR count). The predicted molar refractivity (Wildman–Crippen MR) is 77.8 cm³/mol. The normalized spacial score (nSPS) is 12.2. The second kappa shape index (κ2) is 8.16. The van der Waals surface area contributed by atoms with Crippen molar-refractivity contribution in [1.82, 2.24) is 5.32 Å². The van der Waals surface area contributed by atoms with Gasteiger partial charge < -0.3 is 11.1 Å². The van der Waals surface area contributed by atoms with Crippen LogP contribution in [0, 0.1) is 0 Å². The van der Waals surface area contributed by atoms with Crippen LogP contribution < -0.4 is 11.1 Å². The number of rotatable bonds is 7. The summed E-state index contributed by atoms with van der Waals surface area (Å²) in [4.78, 5) is 12.7. The van der Waals surface area contributed by atoms with Crippen LogP contribution in [0.25, 0.3) is 0 Å². The molecule has 1 atom stereocenters. The highest BCUT2D eigenvalue weighted by molar-refractivity contribution is 7.99. The van der Waals surface area contributed by atoms with E-state index in [-0.39, 0.29) is 11.9 Å². The molecule has 3 nitrogen and oxygen atoms in total. The zero-order chi connectivity index (χ0) is 13.4. The van der Waals surface area contributed by atoms with Crippen LogP contribution in [0.2, 0.25) is 0 Å². The minimum Gasteiger partial charge on any atom is -0.356 e. The maximum atomic E-state index is 11.4. The van der Waals surface area contributed by atoms with Crippen LogP contribution in [0.5, 0.6) is 0 Å². The van der Waals surface area contributed by atoms with Gasteiger partial charge in [-0.25, -0.2) is 0 Å². The Bertz CT molecular complexity index is 363. The molecule has 0 aliphatic heterocycles. The van der Waals surface area contributed by atoms with Gasteiger partial charge in [0.2, 0.25) is 5.91 Å². The summed E-state index contributed by atoms with van der Waals surface area (Å²) in [5, 5.41) is 2.88. The fourth-order valence-corrected chi connectivity index (χ4v) is 2.29. The van der Waals surface area contributed by atoms with Gasteiger partial charge in [-0.1, -0.05) is 19.1 Å². The first-order chi connectivity index (χ1) is 8.61. The van der Waals surface area contributed by atoms with E-state index < -0.39 is 0 Å². The van der Waals surface area contributed by atoms with Crippen molar-refractivity contribution in [3.8, 4) is 0 Å². The second-order valence-corrected chi connectivity index (χ2v) is 5.70. The number of amides is 1. The van der Waals surface area contributed by atoms with Gasteiger partial charge in [0.1, 0.15) is 0 Å². The number of thioether (sulfide) groups is 1. The number of carbonyl (C=O) groups excluding carboxylic acids is 1. The zero-order valence-corrected chi connectivity index (χ0v) is 11.9. The van der Waals surface area contributed by atoms with Gasteiger partial charge in [0.25, 0.3) is 0 Å². The average molecular weight is 266 g/mol. The summed E-state index contributed by atoms with van der Waals surface area (Å²) in [6, 6.07) is 8.43. The van der Waals surface area contributed by atoms with Crippen molar-refractivity contribution in [3.63, 3.8) is 0 Å². The molecule has 1 aromatic carbocycles. The summed E-state index contributed by atoms with van der Waals surface area (Å²) in [5.74, 6) is 1.12. The molecule has 100 valence electrons. The Morgan fingerprint density at radius 2 is 2.06 bits per heavy atom. The largest absolute Gasteiger partial charge is 0.356 e. The first kappa shape index (κ1) is 15.1. The van der Waals surface area contributed by atoms with Crippen molar-refractivity contribution in [2.75, 3.05) is 12.3 Å². The summed E-state index contributed by atoms with van der Waals surface area (Å²) >= 11 is 1.84. The highest BCUT2D eigenvalue weighted by atomic mass is 32.2. The zero-order valence-electron chi connectivity index (χ0n) is 11.1. The Labute approximate surface area is 114 Å². The third-order valence-corrected chi connectivity index (χ3v) is 3.37. The topological polar surface area (TPSA) is 55.1 Å². The first-order valence-electron chi connectivity index (χ1n) is 6.35. The molecule has 0 radical (unpaired) electrons. The Morgan fingerprint density at radius 1 is 1.39 bits per heavy atom. The van der Waals surface area contributed by atoms with Crippen molar-refractivity contribution < 1.29 is 4.79 Å². The van der Waals surface area contributed by atoms with E-state index in [1.165, 1.54) is 10.5 Å². The summed E-state index contributed by atoms with van der Waals surface area (Å²) in [7, 11) is 0. The lowest BCUT2D eigenvalue weighted by Gasteiger charge is -2.07. The van der Waals surface area contributed by atoms with Crippen molar-refractivity contribution in [3.05, 3.63) is 29.8 Å². The van der Waals surface area contributed by atoms with Gasteiger partial charge in [0.15, 0.2) is 0 Å². The molecule has 4 heteroatoms. The Hall–Kier alpha value is -1.00. The van der Waals surface area contributed by atoms with Crippen LogP contribution in [-0.2, 0) is 11.2 Å². The number of nitrogens with two attached hydrogens (primary N) is 1. The lowest BCUT2D eigenvalue weighted by molar-refractivity contribution is -0.121. The lowest BCUT2D eigenvalue weighted by atomic mass is 10.1. The highest BCUT2D eigenvalue weighted by Gasteiger charge is 2.03. The molecule has 0 heterocycles. The summed E-state index contributed by atoms with van der Waals surface area (Å²) in [6.45, 7) is 4.65. The quantitative estimate of drug-likeness (QED) is 0.744. The molecule has 0 fully saturated rings. The van der Waals surface area contributed by atoms with Crippen LogP contribution in [0.15, 0.2) is 29.2 Å². The van der Waals surface area contributed by atoms with Crippen LogP contribution in [0.1, 0.15) is 25.8 Å². The smallest absolute Gasteiger partial charge is 0.221 e. The molecule has 0 aliphatic carbocycles. The lowest BCUT2D eigenvalue weighted by Crippen LogP contribution is -2.31. The fourth-order valence-electron chi connectivity index (χ4n) is 1.63. The average Bonchev–Trinajstić information content (AvgIpc) is 2.31. The Balaban J connectivity index is 2.28. The standard InChI is InChI=1S/C14H22N2OS/c1-3-18-13-6-4-12(5-7-13)8-9-16-14(17)10-11(2)15/h4-7,11H,3,8-10,15H2,1-2H3,(H,16,17). The minimum atomic E-state index is -0.0737. The van der Waals surface area contributed by atoms with Gasteiger partial charge >= 0.3 is 0 Å². The number of benzene rings is 1. The molecule has 0 saturated heterocycles. The Morgan fingerprint density at radius 3 is 2.61 bits per heavy atom. The molecule has 3 N–H and O–H groups in total. The SMILES string of the molecule is CCSc1ccc(CCNC(=O)CC(C)N)cc1. The van der Waals surface area contributed by atoms with Gasteiger partial charge in [-0.2, -0.15) is 0 Å². The molecule has 0 spiro atoms. The number of carbonyl (C=O) groups is 1. The van der Waals surface area contributed by atoms with Crippen LogP contribution in [0.4, 0.5) is 0 Å². The minimum absolute atomic E-state index is 0.0307. The summed E-state index contributed by atoms with van der Waals surface area (Å²) < 4.78 is 0. The molecular weight excluding hydrogens is 244 g/mol. The van der Waals surface area contributed by atoms with Gasteiger partial charge in [-0.15, -0.1) is 11.8 Å². The number of nitrogens with one attached hydrogen (secondary N) is 1. The molecule has 18 heavy (non-hydrogen) atoms. The van der Waals surface area contributed by atoms with E-state index >= 15 is 0 Å². The van der Waals surface area contributed by atoms with Gasteiger partial charge in [0.05, 0.1) is 0 Å². The molecule has 0 saturated carbocycles. The maximum absolute atomic E-state index is 11.4. The highest BCUT2D eigenvalue weighted by Crippen LogP contribution is 2.17. The monoisotopic (exact) mass is 266 g/mol. The van der Waals surface area contributed by atoms with Crippen LogP contribution in [-0.4, -0.2) is 24.2 Å². The predicted octanol–water partition coefficient (Wildman–Crippen LogP) is 2.19. The van der Waals surface area contributed by atoms with Crippen LogP contribution in [0.3, 0.4) is 0 Å². The third-order valence-electron chi connectivity index (χ3n) is 2.48. The van der Waals surface area contributed by atoms with Gasteiger partial charge in [-0.05, 0) is 36.8 Å². The molecule has 1 unspecified atom stereocenters. The molecule has 0 bridgehead atoms. The van der Waals surface area contributed by atoms with Crippen LogP contribution >= 0.6 is 11.8 Å². The summed E-state index contributed by atoms with van der Waals surface area (Å²) in [5.41, 5.74) is 6.80. The van der Waals surface area contributed by atoms with Crippen molar-refractivity contribution in [2.24, 2.45) is 5.73 Å². The van der Waals surface area contributed by atoms with E-state index in [4.69, 9.17) is 5.73 Å². The molecule has 1 amide bonds. The molecule has 0 aromatic heterocycles. The summed E-state index contributed by atoms with van der Waals surface area (Å²) in [6.07, 6.45) is 1.26. The molecular formula is C14H22N2OS. The van der Waals surface area contributed by atoms with E-state index in [9.17, 15) is 4.79 Å². The van der Waals surface area contributed by atoms with Crippen molar-refractivity contribution in [2.45, 2.75) is 37.6 Å². The first-order valence-corrected chi connectivity index (χ1v) is 7.34. The van der Waals surface area contributed by atoms with E-state index in [0.29, 0.717) is 13.0 Å². The molecule has 1 aromatic rings. The maximum Gasteiger partial charge on any atom is 0.221 e. The van der Waals surface area contributed by atoms with Crippen molar-refractivity contribution in [1.29, 1.82) is 0 Å². The number of hydrogen-bond donors (Lipinski definition) is 2. The Kier molecular flexibility index (Phi) is 6.83. The third kappa shape index (κ3) is 6.07. The number of hydrogen-bond acceptors (Lipinski definition) is 3. The van der Waals surface area contributed by atoms with Gasteiger partial charge in [-0.3, -0.25) is 4.79 Å². The van der Waals surface area contributed by atoms with E-state index in [1.54, 1.807) is 0 Å². The fraction of sp³-hybridized carbons (Fsp3) is 0.500. The van der Waals surface area contributed by atoms with E-state index in [1.807, 2.05) is 18.7 Å². The van der Waals surface area contributed by atoms with Crippen molar-refractivity contribution >= 4 is 17.7 Å². The van der Waals surface area contributed by atoms with E-state index in [0.717, 1.165) is 12.2 Å². The second-order valence-electron chi connectivity index (χ2n) is 4.36. The molecule has 0 aliphatic rings.